The predicted molar refractivity (Wildman–Crippen MR) is 98.4 cm³/mol. The molecule has 0 radical (unpaired) electrons. The van der Waals surface area contributed by atoms with Crippen molar-refractivity contribution < 1.29 is 14.6 Å². The van der Waals surface area contributed by atoms with Gasteiger partial charge in [0.05, 0.1) is 14.3 Å². The van der Waals surface area contributed by atoms with Gasteiger partial charge in [-0.25, -0.2) is 4.68 Å². The number of carbonyl (C=O) groups is 1. The highest BCUT2D eigenvalue weighted by atomic mass is 79.9. The highest BCUT2D eigenvalue weighted by Gasteiger charge is 2.29. The third-order valence-electron chi connectivity index (χ3n) is 3.17. The number of nitrogens with one attached hydrogen (secondary N) is 1. The number of para-hydroxylation sites is 1. The quantitative estimate of drug-likeness (QED) is 0.446. The number of benzene rings is 1. The van der Waals surface area contributed by atoms with Crippen molar-refractivity contribution in [3.63, 3.8) is 0 Å². The van der Waals surface area contributed by atoms with Gasteiger partial charge in [0.1, 0.15) is 15.2 Å². The molecular formula is C12H8Br3N5O5. The van der Waals surface area contributed by atoms with Crippen molar-refractivity contribution in [1.29, 1.82) is 0 Å². The molecule has 25 heavy (non-hydrogen) atoms. The lowest BCUT2D eigenvalue weighted by atomic mass is 10.2. The summed E-state index contributed by atoms with van der Waals surface area (Å²) < 4.78 is 2.78. The van der Waals surface area contributed by atoms with E-state index >= 15 is 0 Å². The van der Waals surface area contributed by atoms with E-state index in [-0.39, 0.29) is 0 Å². The van der Waals surface area contributed by atoms with Crippen molar-refractivity contribution in [2.75, 3.05) is 5.32 Å². The SMILES string of the molecule is CC(C(=O)Nc1c([N+](=O)[O-])cccc1[N+](=O)[O-])n1nc(Br)c(Br)c1Br. The van der Waals surface area contributed by atoms with Crippen LogP contribution < -0.4 is 5.32 Å². The molecule has 13 heteroatoms. The number of nitrogens with zero attached hydrogens (tertiary/aromatic N) is 4. The van der Waals surface area contributed by atoms with Crippen LogP contribution in [0.1, 0.15) is 13.0 Å². The van der Waals surface area contributed by atoms with Crippen molar-refractivity contribution in [1.82, 2.24) is 9.78 Å². The van der Waals surface area contributed by atoms with Crippen LogP contribution in [0.2, 0.25) is 0 Å². The maximum atomic E-state index is 12.5. The number of halogens is 3. The average molecular weight is 542 g/mol. The largest absolute Gasteiger partial charge is 0.313 e. The summed E-state index contributed by atoms with van der Waals surface area (Å²) in [6, 6.07) is 2.42. The van der Waals surface area contributed by atoms with Gasteiger partial charge >= 0.3 is 0 Å². The van der Waals surface area contributed by atoms with E-state index < -0.39 is 38.9 Å². The number of rotatable bonds is 5. The van der Waals surface area contributed by atoms with Gasteiger partial charge in [-0.3, -0.25) is 25.0 Å². The Kier molecular flexibility index (Phi) is 5.90. The van der Waals surface area contributed by atoms with Gasteiger partial charge in [-0.05, 0) is 60.8 Å². The normalized spacial score (nSPS) is 11.8. The molecule has 0 aliphatic rings. The summed E-state index contributed by atoms with van der Waals surface area (Å²) in [6.45, 7) is 1.49. The molecule has 2 aromatic rings. The second-order valence-corrected chi connectivity index (χ2v) is 6.99. The van der Waals surface area contributed by atoms with Crippen molar-refractivity contribution >= 4 is 70.8 Å². The lowest BCUT2D eigenvalue weighted by Crippen LogP contribution is -2.25. The molecule has 0 aliphatic heterocycles. The molecule has 1 N–H and O–H groups in total. The Morgan fingerprint density at radius 2 is 1.72 bits per heavy atom. The zero-order valence-electron chi connectivity index (χ0n) is 12.3. The molecule has 1 heterocycles. The van der Waals surface area contributed by atoms with Gasteiger partial charge in [0.15, 0.2) is 5.69 Å². The van der Waals surface area contributed by atoms with Crippen LogP contribution >= 0.6 is 47.8 Å². The molecule has 1 unspecified atom stereocenters. The topological polar surface area (TPSA) is 133 Å². The third-order valence-corrected chi connectivity index (χ3v) is 6.30. The van der Waals surface area contributed by atoms with E-state index in [4.69, 9.17) is 0 Å². The first kappa shape index (κ1) is 19.5. The summed E-state index contributed by atoms with van der Waals surface area (Å²) in [5.41, 5.74) is -1.62. The lowest BCUT2D eigenvalue weighted by Gasteiger charge is -2.14. The predicted octanol–water partition coefficient (Wildman–Crippen LogP) is 4.19. The molecule has 1 amide bonds. The zero-order valence-corrected chi connectivity index (χ0v) is 17.0. The van der Waals surface area contributed by atoms with Crippen LogP contribution in [0.15, 0.2) is 31.9 Å². The molecule has 0 fully saturated rings. The molecule has 1 aromatic carbocycles. The Morgan fingerprint density at radius 1 is 1.20 bits per heavy atom. The van der Waals surface area contributed by atoms with Crippen LogP contribution in [0.25, 0.3) is 0 Å². The fourth-order valence-corrected chi connectivity index (χ4v) is 3.38. The van der Waals surface area contributed by atoms with Crippen LogP contribution in [0.4, 0.5) is 17.1 Å². The number of hydrogen-bond donors (Lipinski definition) is 1. The van der Waals surface area contributed by atoms with E-state index in [9.17, 15) is 25.0 Å². The van der Waals surface area contributed by atoms with Gasteiger partial charge < -0.3 is 5.32 Å². The average Bonchev–Trinajstić information content (AvgIpc) is 2.81. The minimum absolute atomic E-state index is 0.440. The van der Waals surface area contributed by atoms with Gasteiger partial charge in [-0.2, -0.15) is 5.10 Å². The Bertz CT molecular complexity index is 852. The van der Waals surface area contributed by atoms with Crippen LogP contribution in [-0.2, 0) is 4.79 Å². The fourth-order valence-electron chi connectivity index (χ4n) is 1.92. The van der Waals surface area contributed by atoms with E-state index in [1.807, 2.05) is 0 Å². The number of nitro benzene ring substituents is 2. The molecule has 0 saturated heterocycles. The maximum absolute atomic E-state index is 12.5. The standard InChI is InChI=1S/C12H8Br3N5O5/c1-5(18-11(15)8(13)10(14)17-18)12(21)16-9-6(19(22)23)3-2-4-7(9)20(24)25/h2-5H,1H3,(H,16,21). The van der Waals surface area contributed by atoms with E-state index in [0.29, 0.717) is 13.7 Å². The van der Waals surface area contributed by atoms with E-state index in [1.54, 1.807) is 0 Å². The van der Waals surface area contributed by atoms with E-state index in [2.05, 4.69) is 58.2 Å². The van der Waals surface area contributed by atoms with Gasteiger partial charge in [-0.15, -0.1) is 0 Å². The Morgan fingerprint density at radius 3 is 2.12 bits per heavy atom. The second kappa shape index (κ2) is 7.58. The van der Waals surface area contributed by atoms with Gasteiger partial charge in [0.2, 0.25) is 5.91 Å². The van der Waals surface area contributed by atoms with Gasteiger partial charge in [0, 0.05) is 12.1 Å². The number of anilines is 1. The number of hydrogen-bond acceptors (Lipinski definition) is 6. The third kappa shape index (κ3) is 3.88. The monoisotopic (exact) mass is 539 g/mol. The van der Waals surface area contributed by atoms with Crippen LogP contribution in [0.3, 0.4) is 0 Å². The minimum Gasteiger partial charge on any atom is -0.313 e. The summed E-state index contributed by atoms with van der Waals surface area (Å²) in [6.07, 6.45) is 0. The van der Waals surface area contributed by atoms with Crippen molar-refractivity contribution in [2.24, 2.45) is 0 Å². The molecule has 10 nitrogen and oxygen atoms in total. The van der Waals surface area contributed by atoms with Crippen molar-refractivity contribution in [2.45, 2.75) is 13.0 Å². The molecule has 132 valence electrons. The van der Waals surface area contributed by atoms with Crippen molar-refractivity contribution in [3.8, 4) is 0 Å². The molecule has 0 spiro atoms. The summed E-state index contributed by atoms with van der Waals surface area (Å²) >= 11 is 9.71. The Balaban J connectivity index is 2.42. The maximum Gasteiger partial charge on any atom is 0.299 e. The lowest BCUT2D eigenvalue weighted by molar-refractivity contribution is -0.392. The number of amides is 1. The first-order chi connectivity index (χ1) is 11.6. The molecular weight excluding hydrogens is 534 g/mol. The molecule has 0 bridgehead atoms. The van der Waals surface area contributed by atoms with E-state index in [0.717, 1.165) is 12.1 Å². The first-order valence-electron chi connectivity index (χ1n) is 6.46. The highest BCUT2D eigenvalue weighted by molar-refractivity contribution is 9.14. The molecule has 1 aromatic heterocycles. The summed E-state index contributed by atoms with van der Waals surface area (Å²) in [7, 11) is 0. The van der Waals surface area contributed by atoms with E-state index in [1.165, 1.54) is 17.7 Å². The zero-order chi connectivity index (χ0) is 18.9. The molecule has 0 aliphatic carbocycles. The van der Waals surface area contributed by atoms with Crippen LogP contribution in [0.5, 0.6) is 0 Å². The molecule has 0 saturated carbocycles. The summed E-state index contributed by atoms with van der Waals surface area (Å²) in [4.78, 5) is 33.1. The molecule has 2 rings (SSSR count). The fraction of sp³-hybridized carbons (Fsp3) is 0.167. The van der Waals surface area contributed by atoms with Gasteiger partial charge in [0.25, 0.3) is 11.4 Å². The second-order valence-electron chi connectivity index (χ2n) is 4.69. The number of carbonyl (C=O) groups excluding carboxylic acids is 1. The van der Waals surface area contributed by atoms with Crippen LogP contribution in [-0.4, -0.2) is 25.5 Å². The Labute approximate surface area is 165 Å². The first-order valence-corrected chi connectivity index (χ1v) is 8.84. The minimum atomic E-state index is -0.906. The molecule has 1 atom stereocenters. The summed E-state index contributed by atoms with van der Waals surface area (Å²) in [5.74, 6) is -0.708. The Hall–Kier alpha value is -1.86. The van der Waals surface area contributed by atoms with Crippen molar-refractivity contribution in [3.05, 3.63) is 52.1 Å². The number of aromatic nitrogens is 2. The highest BCUT2D eigenvalue weighted by Crippen LogP contribution is 2.36. The van der Waals surface area contributed by atoms with Gasteiger partial charge in [-0.1, -0.05) is 0 Å². The summed E-state index contributed by atoms with van der Waals surface area (Å²) in [5, 5.41) is 28.6. The smallest absolute Gasteiger partial charge is 0.299 e. The number of nitro groups is 2. The van der Waals surface area contributed by atoms with Crippen LogP contribution in [0, 0.1) is 20.2 Å².